The lowest BCUT2D eigenvalue weighted by atomic mass is 10.1. The summed E-state index contributed by atoms with van der Waals surface area (Å²) in [4.78, 5) is 12.5. The Labute approximate surface area is 160 Å². The van der Waals surface area contributed by atoms with E-state index in [2.05, 4.69) is 0 Å². The van der Waals surface area contributed by atoms with E-state index in [9.17, 15) is 14.4 Å². The van der Waals surface area contributed by atoms with Crippen LogP contribution in [0, 0.1) is 17.1 Å². The van der Waals surface area contributed by atoms with Crippen molar-refractivity contribution in [3.63, 3.8) is 0 Å². The summed E-state index contributed by atoms with van der Waals surface area (Å²) in [6, 6.07) is 14.9. The van der Waals surface area contributed by atoms with Gasteiger partial charge >= 0.3 is 0 Å². The molecule has 0 amide bonds. The molecule has 1 heterocycles. The molecule has 130 valence electrons. The fourth-order valence-corrected chi connectivity index (χ4v) is 2.98. The summed E-state index contributed by atoms with van der Waals surface area (Å²) in [6.07, 6.45) is 1.74. The van der Waals surface area contributed by atoms with Crippen molar-refractivity contribution in [3.8, 4) is 6.07 Å². The average Bonchev–Trinajstić information content (AvgIpc) is 3.03. The largest absolute Gasteiger partial charge is 0.334 e. The number of carbonyl (C=O) groups is 1. The third kappa shape index (κ3) is 3.96. The van der Waals surface area contributed by atoms with E-state index in [1.165, 1.54) is 22.8 Å². The molecule has 0 radical (unpaired) electrons. The minimum Gasteiger partial charge on any atom is -0.334 e. The molecule has 0 aliphatic heterocycles. The van der Waals surface area contributed by atoms with Crippen molar-refractivity contribution in [2.24, 2.45) is 0 Å². The van der Waals surface area contributed by atoms with E-state index in [0.29, 0.717) is 10.6 Å². The first-order valence-corrected chi connectivity index (χ1v) is 8.54. The molecule has 0 unspecified atom stereocenters. The highest BCUT2D eigenvalue weighted by Gasteiger charge is 2.15. The highest BCUT2D eigenvalue weighted by Crippen LogP contribution is 2.22. The molecule has 0 saturated heterocycles. The first-order chi connectivity index (χ1) is 12.5. The molecule has 0 aliphatic carbocycles. The number of hydrogen-bond acceptors (Lipinski definition) is 2. The molecule has 0 fully saturated rings. The average molecular weight is 387 g/mol. The molecular weight excluding hydrogens is 374 g/mol. The maximum absolute atomic E-state index is 14.0. The van der Waals surface area contributed by atoms with Gasteiger partial charge in [-0.1, -0.05) is 41.4 Å². The van der Waals surface area contributed by atoms with Gasteiger partial charge in [-0.05, 0) is 35.9 Å². The van der Waals surface area contributed by atoms with Gasteiger partial charge in [0.15, 0.2) is 5.78 Å². The Balaban J connectivity index is 1.85. The molecule has 3 nitrogen and oxygen atoms in total. The van der Waals surface area contributed by atoms with Crippen LogP contribution >= 0.6 is 23.2 Å². The van der Waals surface area contributed by atoms with E-state index in [4.69, 9.17) is 23.2 Å². The second-order valence-electron chi connectivity index (χ2n) is 5.78. The molecule has 0 N–H and O–H groups in total. The summed E-state index contributed by atoms with van der Waals surface area (Å²) in [6.45, 7) is 0.0720. The zero-order valence-electron chi connectivity index (χ0n) is 13.5. The third-order valence-corrected chi connectivity index (χ3v) is 4.61. The Morgan fingerprint density at radius 1 is 1.15 bits per heavy atom. The van der Waals surface area contributed by atoms with Crippen LogP contribution in [0.5, 0.6) is 0 Å². The summed E-state index contributed by atoms with van der Waals surface area (Å²) in [7, 11) is 0. The fraction of sp³-hybridized carbons (Fsp3) is 0.100. The van der Waals surface area contributed by atoms with E-state index < -0.39 is 5.82 Å². The molecule has 6 heteroatoms. The number of nitriles is 1. The standard InChI is InChI=1S/C20H13Cl2FN2O/c21-15-6-4-13(5-7-15)8-20(26)14-9-16(10-24)25(11-14)12-17-18(22)2-1-3-19(17)23/h1-7,9,11H,8,12H2. The second kappa shape index (κ2) is 7.74. The monoisotopic (exact) mass is 386 g/mol. The van der Waals surface area contributed by atoms with Gasteiger partial charge in [0, 0.05) is 33.8 Å². The number of ketones is 1. The Hall–Kier alpha value is -2.61. The highest BCUT2D eigenvalue weighted by molar-refractivity contribution is 6.31. The number of rotatable bonds is 5. The second-order valence-corrected chi connectivity index (χ2v) is 6.62. The maximum Gasteiger partial charge on any atom is 0.168 e. The maximum atomic E-state index is 14.0. The predicted octanol–water partition coefficient (Wildman–Crippen LogP) is 5.28. The van der Waals surface area contributed by atoms with E-state index >= 15 is 0 Å². The zero-order chi connectivity index (χ0) is 18.7. The molecule has 2 aromatic carbocycles. The molecular formula is C20H13Cl2FN2O. The van der Waals surface area contributed by atoms with Gasteiger partial charge in [0.1, 0.15) is 17.6 Å². The van der Waals surface area contributed by atoms with E-state index in [1.54, 1.807) is 36.5 Å². The van der Waals surface area contributed by atoms with Crippen molar-refractivity contribution in [3.05, 3.63) is 93.0 Å². The van der Waals surface area contributed by atoms with Gasteiger partial charge in [-0.25, -0.2) is 4.39 Å². The van der Waals surface area contributed by atoms with Crippen molar-refractivity contribution < 1.29 is 9.18 Å². The Morgan fingerprint density at radius 3 is 2.54 bits per heavy atom. The van der Waals surface area contributed by atoms with E-state index in [0.717, 1.165) is 5.56 Å². The van der Waals surface area contributed by atoms with Crippen LogP contribution < -0.4 is 0 Å². The van der Waals surface area contributed by atoms with Gasteiger partial charge in [-0.2, -0.15) is 5.26 Å². The number of benzene rings is 2. The van der Waals surface area contributed by atoms with Crippen LogP contribution in [0.25, 0.3) is 0 Å². The van der Waals surface area contributed by atoms with E-state index in [1.807, 2.05) is 6.07 Å². The molecule has 0 saturated carbocycles. The zero-order valence-corrected chi connectivity index (χ0v) is 15.1. The van der Waals surface area contributed by atoms with Gasteiger partial charge in [0.25, 0.3) is 0 Å². The molecule has 3 aromatic rings. The summed E-state index contributed by atoms with van der Waals surface area (Å²) in [5, 5.41) is 10.2. The van der Waals surface area contributed by atoms with Crippen LogP contribution in [-0.4, -0.2) is 10.4 Å². The lowest BCUT2D eigenvalue weighted by molar-refractivity contribution is 0.0993. The van der Waals surface area contributed by atoms with E-state index in [-0.39, 0.29) is 35.0 Å². The Morgan fingerprint density at radius 2 is 1.88 bits per heavy atom. The van der Waals surface area contributed by atoms with Crippen molar-refractivity contribution in [2.45, 2.75) is 13.0 Å². The molecule has 1 aromatic heterocycles. The minimum absolute atomic E-state index is 0.0720. The predicted molar refractivity (Wildman–Crippen MR) is 99.1 cm³/mol. The summed E-state index contributed by atoms with van der Waals surface area (Å²) < 4.78 is 15.5. The number of halogens is 3. The lowest BCUT2D eigenvalue weighted by Crippen LogP contribution is -2.05. The van der Waals surface area contributed by atoms with Crippen molar-refractivity contribution in [1.29, 1.82) is 5.26 Å². The van der Waals surface area contributed by atoms with Gasteiger partial charge < -0.3 is 4.57 Å². The quantitative estimate of drug-likeness (QED) is 0.560. The summed E-state index contributed by atoms with van der Waals surface area (Å²) >= 11 is 11.9. The Bertz CT molecular complexity index is 983. The topological polar surface area (TPSA) is 45.8 Å². The number of aromatic nitrogens is 1. The molecule has 26 heavy (non-hydrogen) atoms. The lowest BCUT2D eigenvalue weighted by Gasteiger charge is -2.08. The summed E-state index contributed by atoms with van der Waals surface area (Å²) in [5.74, 6) is -0.591. The van der Waals surface area contributed by atoms with Crippen LogP contribution in [0.2, 0.25) is 10.0 Å². The SMILES string of the molecule is N#Cc1cc(C(=O)Cc2ccc(Cl)cc2)cn1Cc1c(F)cccc1Cl. The molecule has 0 bridgehead atoms. The molecule has 0 aliphatic rings. The van der Waals surface area contributed by atoms with Gasteiger partial charge in [0.2, 0.25) is 0 Å². The number of Topliss-reactive ketones (excluding diaryl/α,β-unsaturated/α-hetero) is 1. The number of hydrogen-bond donors (Lipinski definition) is 0. The summed E-state index contributed by atoms with van der Waals surface area (Å²) in [5.41, 5.74) is 1.76. The molecule has 0 atom stereocenters. The van der Waals surface area contributed by atoms with Crippen molar-refractivity contribution in [2.75, 3.05) is 0 Å². The Kier molecular flexibility index (Phi) is 5.41. The first kappa shape index (κ1) is 18.2. The first-order valence-electron chi connectivity index (χ1n) is 7.78. The van der Waals surface area contributed by atoms with Crippen LogP contribution in [0.1, 0.15) is 27.2 Å². The van der Waals surface area contributed by atoms with Gasteiger partial charge in [0.05, 0.1) is 6.54 Å². The molecule has 3 rings (SSSR count). The number of nitrogens with zero attached hydrogens (tertiary/aromatic N) is 2. The van der Waals surface area contributed by atoms with Crippen LogP contribution in [0.3, 0.4) is 0 Å². The normalized spacial score (nSPS) is 10.5. The van der Waals surface area contributed by atoms with Crippen LogP contribution in [0.4, 0.5) is 4.39 Å². The smallest absolute Gasteiger partial charge is 0.168 e. The van der Waals surface area contributed by atoms with Crippen LogP contribution in [0.15, 0.2) is 54.7 Å². The van der Waals surface area contributed by atoms with Crippen molar-refractivity contribution >= 4 is 29.0 Å². The molecule has 0 spiro atoms. The van der Waals surface area contributed by atoms with Gasteiger partial charge in [-0.3, -0.25) is 4.79 Å². The third-order valence-electron chi connectivity index (χ3n) is 4.00. The fourth-order valence-electron chi connectivity index (χ4n) is 2.63. The van der Waals surface area contributed by atoms with Crippen molar-refractivity contribution in [1.82, 2.24) is 4.57 Å². The minimum atomic E-state index is -0.455. The van der Waals surface area contributed by atoms with Crippen LogP contribution in [-0.2, 0) is 13.0 Å². The number of carbonyl (C=O) groups excluding carboxylic acids is 1. The highest BCUT2D eigenvalue weighted by atomic mass is 35.5. The van der Waals surface area contributed by atoms with Gasteiger partial charge in [-0.15, -0.1) is 0 Å².